The standard InChI is InChI=1S/C22H25N2O6P/c1-4-15-28-21-10-8-7-9-19(21)17-23-22(31(27,29-5-2)30-6-3)16-18-11-13-20(14-12-18)24(25)26/h4,7-14,16-17H,1,5-6,15H2,2-3H3/b22-16+,23-17+. The normalized spacial score (nSPS) is 12.1. The van der Waals surface area contributed by atoms with Crippen molar-refractivity contribution in [2.24, 2.45) is 4.99 Å². The first-order valence-corrected chi connectivity index (χ1v) is 11.2. The quantitative estimate of drug-likeness (QED) is 0.134. The lowest BCUT2D eigenvalue weighted by Crippen LogP contribution is -2.00. The van der Waals surface area contributed by atoms with Crippen LogP contribution < -0.4 is 4.74 Å². The third-order valence-electron chi connectivity index (χ3n) is 3.89. The summed E-state index contributed by atoms with van der Waals surface area (Å²) in [4.78, 5) is 14.8. The molecular weight excluding hydrogens is 419 g/mol. The first kappa shape index (κ1) is 24.2. The van der Waals surface area contributed by atoms with Gasteiger partial charge < -0.3 is 13.8 Å². The van der Waals surface area contributed by atoms with E-state index in [0.29, 0.717) is 23.5 Å². The van der Waals surface area contributed by atoms with Crippen LogP contribution in [0.25, 0.3) is 6.08 Å². The van der Waals surface area contributed by atoms with Gasteiger partial charge >= 0.3 is 7.60 Å². The van der Waals surface area contributed by atoms with Crippen LogP contribution in [0.1, 0.15) is 25.0 Å². The van der Waals surface area contributed by atoms with Gasteiger partial charge in [0.05, 0.1) is 18.1 Å². The van der Waals surface area contributed by atoms with Crippen molar-refractivity contribution in [2.75, 3.05) is 19.8 Å². The van der Waals surface area contributed by atoms with Gasteiger partial charge in [-0.2, -0.15) is 0 Å². The topological polar surface area (TPSA) is 100 Å². The molecule has 0 saturated heterocycles. The van der Waals surface area contributed by atoms with E-state index in [4.69, 9.17) is 13.8 Å². The highest BCUT2D eigenvalue weighted by atomic mass is 31.2. The molecular formula is C22H25N2O6P. The van der Waals surface area contributed by atoms with Gasteiger partial charge in [0.2, 0.25) is 0 Å². The molecule has 0 fully saturated rings. The molecule has 0 saturated carbocycles. The van der Waals surface area contributed by atoms with E-state index in [1.54, 1.807) is 32.1 Å². The molecule has 0 spiro atoms. The van der Waals surface area contributed by atoms with Gasteiger partial charge in [-0.15, -0.1) is 0 Å². The van der Waals surface area contributed by atoms with Crippen LogP contribution in [0.2, 0.25) is 0 Å². The van der Waals surface area contributed by atoms with Gasteiger partial charge in [0, 0.05) is 23.9 Å². The number of ether oxygens (including phenoxy) is 1. The molecule has 0 aromatic heterocycles. The molecule has 0 bridgehead atoms. The van der Waals surface area contributed by atoms with Crippen molar-refractivity contribution < 1.29 is 23.3 Å². The van der Waals surface area contributed by atoms with Crippen molar-refractivity contribution in [3.8, 4) is 5.75 Å². The monoisotopic (exact) mass is 444 g/mol. The third-order valence-corrected chi connectivity index (χ3v) is 5.89. The highest BCUT2D eigenvalue weighted by Crippen LogP contribution is 2.57. The number of hydrogen-bond donors (Lipinski definition) is 0. The highest BCUT2D eigenvalue weighted by molar-refractivity contribution is 7.58. The van der Waals surface area contributed by atoms with E-state index in [-0.39, 0.29) is 24.3 Å². The maximum atomic E-state index is 13.4. The van der Waals surface area contributed by atoms with Crippen molar-refractivity contribution in [3.05, 3.63) is 87.9 Å². The molecule has 31 heavy (non-hydrogen) atoms. The van der Waals surface area contributed by atoms with Gasteiger partial charge in [-0.05, 0) is 49.8 Å². The predicted molar refractivity (Wildman–Crippen MR) is 122 cm³/mol. The number of non-ortho nitro benzene ring substituents is 1. The van der Waals surface area contributed by atoms with E-state index >= 15 is 0 Å². The molecule has 0 aliphatic rings. The van der Waals surface area contributed by atoms with E-state index in [1.165, 1.54) is 36.6 Å². The van der Waals surface area contributed by atoms with Crippen molar-refractivity contribution in [1.29, 1.82) is 0 Å². The summed E-state index contributed by atoms with van der Waals surface area (Å²) in [5, 5.41) is 10.9. The Morgan fingerprint density at radius 1 is 1.13 bits per heavy atom. The number of para-hydroxylation sites is 1. The second-order valence-electron chi connectivity index (χ2n) is 6.08. The molecule has 2 aromatic carbocycles. The molecule has 164 valence electrons. The number of nitrogens with zero attached hydrogens (tertiary/aromatic N) is 2. The van der Waals surface area contributed by atoms with Crippen LogP contribution in [-0.2, 0) is 13.6 Å². The Morgan fingerprint density at radius 3 is 2.35 bits per heavy atom. The Morgan fingerprint density at radius 2 is 1.77 bits per heavy atom. The molecule has 2 rings (SSSR count). The zero-order chi connectivity index (χ0) is 22.7. The molecule has 0 aliphatic carbocycles. The first-order chi connectivity index (χ1) is 14.9. The van der Waals surface area contributed by atoms with E-state index in [1.807, 2.05) is 12.1 Å². The Bertz CT molecular complexity index is 991. The number of nitro groups is 1. The van der Waals surface area contributed by atoms with Gasteiger partial charge in [-0.1, -0.05) is 24.8 Å². The molecule has 0 amide bonds. The van der Waals surface area contributed by atoms with Crippen molar-refractivity contribution in [3.63, 3.8) is 0 Å². The molecule has 0 radical (unpaired) electrons. The van der Waals surface area contributed by atoms with E-state index < -0.39 is 12.5 Å². The minimum Gasteiger partial charge on any atom is -0.489 e. The van der Waals surface area contributed by atoms with Crippen LogP contribution in [0.15, 0.2) is 71.6 Å². The largest absolute Gasteiger partial charge is 0.489 e. The summed E-state index contributed by atoms with van der Waals surface area (Å²) in [5.74, 6) is 0.587. The fourth-order valence-corrected chi connectivity index (χ4v) is 4.07. The fourth-order valence-electron chi connectivity index (χ4n) is 2.54. The second kappa shape index (κ2) is 12.0. The van der Waals surface area contributed by atoms with Crippen LogP contribution in [0.3, 0.4) is 0 Å². The highest BCUT2D eigenvalue weighted by Gasteiger charge is 2.29. The Balaban J connectivity index is 2.50. The number of rotatable bonds is 12. The average Bonchev–Trinajstić information content (AvgIpc) is 2.76. The summed E-state index contributed by atoms with van der Waals surface area (Å²) >= 11 is 0. The average molecular weight is 444 g/mol. The van der Waals surface area contributed by atoms with Crippen LogP contribution in [0, 0.1) is 10.1 Å². The number of nitro benzene ring substituents is 1. The molecule has 0 unspecified atom stereocenters. The summed E-state index contributed by atoms with van der Waals surface area (Å²) < 4.78 is 29.9. The molecule has 9 heteroatoms. The lowest BCUT2D eigenvalue weighted by atomic mass is 10.2. The minimum atomic E-state index is -3.73. The van der Waals surface area contributed by atoms with Crippen molar-refractivity contribution >= 4 is 25.6 Å². The van der Waals surface area contributed by atoms with Gasteiger partial charge in [-0.25, -0.2) is 4.99 Å². The Kier molecular flexibility index (Phi) is 9.34. The van der Waals surface area contributed by atoms with Crippen LogP contribution in [0.5, 0.6) is 5.75 Å². The maximum absolute atomic E-state index is 13.4. The molecule has 0 heterocycles. The number of hydrogen-bond acceptors (Lipinski definition) is 7. The lowest BCUT2D eigenvalue weighted by molar-refractivity contribution is -0.384. The smallest absolute Gasteiger partial charge is 0.379 e. The van der Waals surface area contributed by atoms with Crippen molar-refractivity contribution in [2.45, 2.75) is 13.8 Å². The summed E-state index contributed by atoms with van der Waals surface area (Å²) in [6, 6.07) is 13.0. The first-order valence-electron chi connectivity index (χ1n) is 9.66. The van der Waals surface area contributed by atoms with Gasteiger partial charge in [0.15, 0.2) is 5.44 Å². The summed E-state index contributed by atoms with van der Waals surface area (Å²) in [5.41, 5.74) is 1.25. The summed E-state index contributed by atoms with van der Waals surface area (Å²) in [7, 11) is -3.73. The fraction of sp³-hybridized carbons (Fsp3) is 0.227. The second-order valence-corrected chi connectivity index (χ2v) is 8.05. The lowest BCUT2D eigenvalue weighted by Gasteiger charge is -2.17. The number of aliphatic imine (C=N–C) groups is 1. The minimum absolute atomic E-state index is 0.0479. The van der Waals surface area contributed by atoms with Gasteiger partial charge in [0.25, 0.3) is 5.69 Å². The SMILES string of the molecule is C=CCOc1ccccc1/C=N/C(=C\c1ccc([N+](=O)[O-])cc1)P(=O)(OCC)OCC. The van der Waals surface area contributed by atoms with E-state index in [2.05, 4.69) is 11.6 Å². The molecule has 8 nitrogen and oxygen atoms in total. The van der Waals surface area contributed by atoms with Crippen LogP contribution in [-0.4, -0.2) is 31.0 Å². The van der Waals surface area contributed by atoms with E-state index in [0.717, 1.165) is 0 Å². The zero-order valence-corrected chi connectivity index (χ0v) is 18.4. The maximum Gasteiger partial charge on any atom is 0.379 e. The Labute approximate surface area is 181 Å². The van der Waals surface area contributed by atoms with Crippen LogP contribution >= 0.6 is 7.60 Å². The zero-order valence-electron chi connectivity index (χ0n) is 17.5. The molecule has 0 atom stereocenters. The van der Waals surface area contributed by atoms with Crippen LogP contribution in [0.4, 0.5) is 5.69 Å². The predicted octanol–water partition coefficient (Wildman–Crippen LogP) is 5.84. The van der Waals surface area contributed by atoms with Gasteiger partial charge in [0.1, 0.15) is 12.4 Å². The summed E-state index contributed by atoms with van der Waals surface area (Å²) in [6.45, 7) is 7.69. The Hall–Kier alpha value is -3.06. The van der Waals surface area contributed by atoms with E-state index in [9.17, 15) is 14.7 Å². The van der Waals surface area contributed by atoms with Gasteiger partial charge in [-0.3, -0.25) is 14.7 Å². The third kappa shape index (κ3) is 7.00. The molecule has 0 aliphatic heterocycles. The summed E-state index contributed by atoms with van der Waals surface area (Å²) in [6.07, 6.45) is 4.67. The van der Waals surface area contributed by atoms with Crippen molar-refractivity contribution in [1.82, 2.24) is 0 Å². The molecule has 0 N–H and O–H groups in total. The molecule has 2 aromatic rings. The number of benzene rings is 2.